The van der Waals surface area contributed by atoms with Gasteiger partial charge in [0.25, 0.3) is 0 Å². The van der Waals surface area contributed by atoms with E-state index >= 15 is 0 Å². The number of nitrogens with one attached hydrogen (secondary N) is 2. The summed E-state index contributed by atoms with van der Waals surface area (Å²) in [4.78, 5) is 10.8. The Labute approximate surface area is 79.6 Å². The molecule has 0 aliphatic heterocycles. The van der Waals surface area contributed by atoms with Gasteiger partial charge in [0, 0.05) is 6.92 Å². The van der Waals surface area contributed by atoms with Crippen molar-refractivity contribution in [2.24, 2.45) is 0 Å². The molecule has 0 aliphatic carbocycles. The number of hydrogen-bond donors (Lipinski definition) is 2. The molecule has 1 atom stereocenters. The highest BCUT2D eigenvalue weighted by Crippen LogP contribution is 2.00. The summed E-state index contributed by atoms with van der Waals surface area (Å²) < 4.78 is 1.68. The molecular weight excluding hydrogens is 190 g/mol. The minimum Gasteiger partial charge on any atom is -0.331 e. The van der Waals surface area contributed by atoms with E-state index in [-0.39, 0.29) is 10.7 Å². The molecule has 1 amide bonds. The minimum absolute atomic E-state index is 0.179. The zero-order valence-electron chi connectivity index (χ0n) is 7.02. The normalized spacial score (nSPS) is 12.1. The highest BCUT2D eigenvalue weighted by molar-refractivity contribution is 7.71. The van der Waals surface area contributed by atoms with Gasteiger partial charge in [-0.15, -0.1) is 0 Å². The van der Waals surface area contributed by atoms with Crippen LogP contribution in [0.25, 0.3) is 0 Å². The maximum Gasteiger partial charge on any atom is 0.240 e. The van der Waals surface area contributed by atoms with Crippen LogP contribution in [0.15, 0.2) is 12.7 Å². The largest absolute Gasteiger partial charge is 0.331 e. The second-order valence-corrected chi connectivity index (χ2v) is 2.70. The molecule has 0 saturated carbocycles. The second kappa shape index (κ2) is 3.94. The average Bonchev–Trinajstić information content (AvgIpc) is 2.47. The van der Waals surface area contributed by atoms with Crippen LogP contribution in [0.2, 0.25) is 0 Å². The molecule has 0 radical (unpaired) electrons. The Hall–Kier alpha value is -1.50. The lowest BCUT2D eigenvalue weighted by molar-refractivity contribution is -0.119. The van der Waals surface area contributed by atoms with Gasteiger partial charge in [0.05, 0.1) is 0 Å². The third kappa shape index (κ3) is 2.22. The van der Waals surface area contributed by atoms with Crippen molar-refractivity contribution < 1.29 is 4.79 Å². The Morgan fingerprint density at radius 1 is 1.92 bits per heavy atom. The Kier molecular flexibility index (Phi) is 2.91. The van der Waals surface area contributed by atoms with Crippen LogP contribution in [0.4, 0.5) is 0 Å². The SMILES string of the molecule is C=CC(NC(C)=O)n1[nH]nnc1=S. The van der Waals surface area contributed by atoms with Crippen molar-refractivity contribution in [3.05, 3.63) is 17.4 Å². The van der Waals surface area contributed by atoms with Crippen molar-refractivity contribution in [1.82, 2.24) is 25.5 Å². The third-order valence-electron chi connectivity index (χ3n) is 1.35. The van der Waals surface area contributed by atoms with Gasteiger partial charge >= 0.3 is 0 Å². The highest BCUT2D eigenvalue weighted by Gasteiger charge is 2.08. The molecule has 1 heterocycles. The zero-order chi connectivity index (χ0) is 9.84. The molecule has 0 aliphatic rings. The molecule has 0 fully saturated rings. The van der Waals surface area contributed by atoms with Gasteiger partial charge in [-0.3, -0.25) is 4.79 Å². The molecule has 1 rings (SSSR count). The van der Waals surface area contributed by atoms with E-state index in [1.165, 1.54) is 17.7 Å². The number of amides is 1. The molecule has 0 aromatic carbocycles. The Morgan fingerprint density at radius 2 is 2.62 bits per heavy atom. The first-order valence-corrected chi connectivity index (χ1v) is 3.95. The van der Waals surface area contributed by atoms with Crippen LogP contribution >= 0.6 is 12.2 Å². The standard InChI is InChI=1S/C6H9N5OS/c1-3-5(7-4(2)12)11-6(13)8-9-10-11/h3,5H,1H2,2H3,(H,7,12)(H,8,10,13). The van der Waals surface area contributed by atoms with Crippen molar-refractivity contribution in [1.29, 1.82) is 0 Å². The maximum absolute atomic E-state index is 10.8. The summed E-state index contributed by atoms with van der Waals surface area (Å²) in [7, 11) is 0. The Bertz CT molecular complexity index is 367. The lowest BCUT2D eigenvalue weighted by atomic mass is 10.4. The molecule has 0 saturated heterocycles. The fourth-order valence-electron chi connectivity index (χ4n) is 0.823. The summed E-state index contributed by atoms with van der Waals surface area (Å²) in [6.45, 7) is 4.96. The first-order chi connectivity index (χ1) is 6.15. The molecule has 0 bridgehead atoms. The average molecular weight is 199 g/mol. The molecule has 6 nitrogen and oxygen atoms in total. The van der Waals surface area contributed by atoms with E-state index in [2.05, 4.69) is 27.4 Å². The maximum atomic E-state index is 10.8. The summed E-state index contributed by atoms with van der Waals surface area (Å²) in [5.74, 6) is -0.179. The summed E-state index contributed by atoms with van der Waals surface area (Å²) in [6.07, 6.45) is 1.09. The van der Waals surface area contributed by atoms with Crippen molar-refractivity contribution in [2.45, 2.75) is 13.1 Å². The van der Waals surface area contributed by atoms with Crippen LogP contribution in [0.3, 0.4) is 0 Å². The minimum atomic E-state index is -0.431. The van der Waals surface area contributed by atoms with Gasteiger partial charge in [-0.2, -0.15) is 5.21 Å². The van der Waals surface area contributed by atoms with Crippen LogP contribution in [-0.4, -0.2) is 26.1 Å². The van der Waals surface area contributed by atoms with E-state index in [0.717, 1.165) is 0 Å². The van der Waals surface area contributed by atoms with Crippen LogP contribution in [0.5, 0.6) is 0 Å². The van der Waals surface area contributed by atoms with E-state index in [4.69, 9.17) is 12.2 Å². The fourth-order valence-corrected chi connectivity index (χ4v) is 1.02. The van der Waals surface area contributed by atoms with Gasteiger partial charge in [0.15, 0.2) is 0 Å². The number of aromatic nitrogens is 4. The number of hydrogen-bond acceptors (Lipinski definition) is 4. The molecule has 1 aromatic rings. The summed E-state index contributed by atoms with van der Waals surface area (Å²) in [5.41, 5.74) is 0. The van der Waals surface area contributed by atoms with Crippen LogP contribution in [-0.2, 0) is 4.79 Å². The van der Waals surface area contributed by atoms with E-state index in [9.17, 15) is 4.79 Å². The smallest absolute Gasteiger partial charge is 0.240 e. The summed E-state index contributed by atoms with van der Waals surface area (Å²) in [5, 5.41) is 12.2. The molecule has 1 unspecified atom stereocenters. The molecule has 0 spiro atoms. The molecular formula is C6H9N5OS. The lowest BCUT2D eigenvalue weighted by Crippen LogP contribution is -2.29. The predicted octanol–water partition coefficient (Wildman–Crippen LogP) is 0.156. The number of tetrazole rings is 1. The molecule has 7 heteroatoms. The highest BCUT2D eigenvalue weighted by atomic mass is 32.1. The zero-order valence-corrected chi connectivity index (χ0v) is 7.84. The number of H-pyrrole nitrogens is 1. The van der Waals surface area contributed by atoms with E-state index in [1.807, 2.05) is 0 Å². The number of carbonyl (C=O) groups excluding carboxylic acids is 1. The van der Waals surface area contributed by atoms with Crippen LogP contribution < -0.4 is 5.32 Å². The van der Waals surface area contributed by atoms with Crippen molar-refractivity contribution in [2.75, 3.05) is 0 Å². The number of aromatic amines is 1. The first kappa shape index (κ1) is 9.59. The second-order valence-electron chi connectivity index (χ2n) is 2.33. The van der Waals surface area contributed by atoms with E-state index < -0.39 is 6.17 Å². The van der Waals surface area contributed by atoms with Crippen molar-refractivity contribution in [3.63, 3.8) is 0 Å². The van der Waals surface area contributed by atoms with Crippen LogP contribution in [0, 0.1) is 4.77 Å². The molecule has 70 valence electrons. The fraction of sp³-hybridized carbons (Fsp3) is 0.333. The van der Waals surface area contributed by atoms with E-state index in [1.54, 1.807) is 0 Å². The Balaban J connectivity index is 2.91. The number of nitrogens with zero attached hydrogens (tertiary/aromatic N) is 3. The first-order valence-electron chi connectivity index (χ1n) is 3.54. The topological polar surface area (TPSA) is 75.6 Å². The molecule has 1 aromatic heterocycles. The quantitative estimate of drug-likeness (QED) is 0.537. The lowest BCUT2D eigenvalue weighted by Gasteiger charge is -2.12. The van der Waals surface area contributed by atoms with Gasteiger partial charge < -0.3 is 5.32 Å². The van der Waals surface area contributed by atoms with Gasteiger partial charge in [-0.05, 0) is 18.3 Å². The van der Waals surface area contributed by atoms with E-state index in [0.29, 0.717) is 0 Å². The summed E-state index contributed by atoms with van der Waals surface area (Å²) >= 11 is 4.84. The van der Waals surface area contributed by atoms with Gasteiger partial charge in [-0.1, -0.05) is 16.9 Å². The van der Waals surface area contributed by atoms with Crippen LogP contribution in [0.1, 0.15) is 13.1 Å². The predicted molar refractivity (Wildman–Crippen MR) is 48.3 cm³/mol. The van der Waals surface area contributed by atoms with Gasteiger partial charge in [0.1, 0.15) is 6.17 Å². The Morgan fingerprint density at radius 3 is 3.00 bits per heavy atom. The molecule has 13 heavy (non-hydrogen) atoms. The monoisotopic (exact) mass is 199 g/mol. The third-order valence-corrected chi connectivity index (χ3v) is 1.63. The van der Waals surface area contributed by atoms with Gasteiger partial charge in [-0.25, -0.2) is 4.68 Å². The van der Waals surface area contributed by atoms with Crippen molar-refractivity contribution >= 4 is 18.1 Å². The number of rotatable bonds is 3. The van der Waals surface area contributed by atoms with Gasteiger partial charge in [0.2, 0.25) is 10.7 Å². The van der Waals surface area contributed by atoms with Crippen molar-refractivity contribution in [3.8, 4) is 0 Å². The number of carbonyl (C=O) groups is 1. The molecule has 2 N–H and O–H groups in total. The summed E-state index contributed by atoms with van der Waals surface area (Å²) in [6, 6.07) is 0.